The number of alkyl halides is 3. The molecule has 0 aliphatic heterocycles. The van der Waals surface area contributed by atoms with Crippen LogP contribution in [0.2, 0.25) is 0 Å². The van der Waals surface area contributed by atoms with Gasteiger partial charge in [0.25, 0.3) is 5.91 Å². The number of nitrogens with zero attached hydrogens (tertiary/aromatic N) is 4. The van der Waals surface area contributed by atoms with E-state index in [0.29, 0.717) is 22.5 Å². The molecule has 0 saturated heterocycles. The molecule has 0 aliphatic rings. The van der Waals surface area contributed by atoms with E-state index >= 15 is 0 Å². The van der Waals surface area contributed by atoms with Gasteiger partial charge in [-0.1, -0.05) is 24.3 Å². The smallest absolute Gasteiger partial charge is 0.373 e. The molecule has 4 N–H and O–H groups in total. The molecule has 0 atom stereocenters. The number of aromatic amines is 1. The zero-order chi connectivity index (χ0) is 24.5. The van der Waals surface area contributed by atoms with Crippen LogP contribution in [0.4, 0.5) is 24.7 Å². The number of benzene rings is 2. The number of likely N-dealkylation sites (N-methyl/N-ethyl adjacent to an activating group) is 1. The topological polar surface area (TPSA) is 113 Å². The van der Waals surface area contributed by atoms with E-state index in [1.54, 1.807) is 73.7 Å². The Labute approximate surface area is 192 Å². The zero-order valence-corrected chi connectivity index (χ0v) is 18.2. The molecule has 0 spiro atoms. The number of H-pyrrole nitrogens is 1. The van der Waals surface area contributed by atoms with Crippen molar-refractivity contribution in [3.05, 3.63) is 71.7 Å². The summed E-state index contributed by atoms with van der Waals surface area (Å²) in [6, 6.07) is 11.7. The maximum atomic E-state index is 13.6. The van der Waals surface area contributed by atoms with E-state index < -0.39 is 17.6 Å². The second-order valence-electron chi connectivity index (χ2n) is 7.66. The number of hydrogen-bond acceptors (Lipinski definition) is 6. The van der Waals surface area contributed by atoms with Crippen LogP contribution in [0.15, 0.2) is 60.6 Å². The summed E-state index contributed by atoms with van der Waals surface area (Å²) in [5.41, 5.74) is 7.08. The molecule has 0 fully saturated rings. The quantitative estimate of drug-likeness (QED) is 0.367. The van der Waals surface area contributed by atoms with Crippen molar-refractivity contribution in [1.29, 1.82) is 0 Å². The Morgan fingerprint density at radius 3 is 2.50 bits per heavy atom. The van der Waals surface area contributed by atoms with Gasteiger partial charge in [0.05, 0.1) is 11.7 Å². The Kier molecular flexibility index (Phi) is 5.93. The number of fused-ring (bicyclic) bond motifs is 1. The van der Waals surface area contributed by atoms with E-state index in [-0.39, 0.29) is 11.6 Å². The molecule has 1 amide bonds. The maximum Gasteiger partial charge on any atom is 0.421 e. The minimum atomic E-state index is -4.65. The molecule has 0 saturated carbocycles. The number of halogens is 3. The molecule has 2 aromatic carbocycles. The minimum absolute atomic E-state index is 0.109. The highest BCUT2D eigenvalue weighted by Gasteiger charge is 2.35. The number of carbonyl (C=O) groups is 1. The lowest BCUT2D eigenvalue weighted by molar-refractivity contribution is -0.137. The summed E-state index contributed by atoms with van der Waals surface area (Å²) in [6.45, 7) is 0. The highest BCUT2D eigenvalue weighted by atomic mass is 19.4. The van der Waals surface area contributed by atoms with Crippen LogP contribution in [0.5, 0.6) is 0 Å². The SMILES string of the molecule is CN(C)C(=Cc1ccc(-c2ncc(C(F)(F)F)c(Nc3ccc4[nH]ncc4c3)n2)cc1)C(N)=O. The Morgan fingerprint density at radius 2 is 1.85 bits per heavy atom. The number of carbonyl (C=O) groups excluding carboxylic acids is 1. The van der Waals surface area contributed by atoms with E-state index in [1.807, 2.05) is 0 Å². The molecule has 34 heavy (non-hydrogen) atoms. The second kappa shape index (κ2) is 8.85. The Balaban J connectivity index is 1.69. The normalized spacial score (nSPS) is 12.1. The Morgan fingerprint density at radius 1 is 1.12 bits per heavy atom. The van der Waals surface area contributed by atoms with Crippen molar-refractivity contribution in [1.82, 2.24) is 25.1 Å². The van der Waals surface area contributed by atoms with Crippen LogP contribution in [-0.4, -0.2) is 45.1 Å². The maximum absolute atomic E-state index is 13.6. The average molecular weight is 467 g/mol. The number of rotatable bonds is 6. The lowest BCUT2D eigenvalue weighted by atomic mass is 10.1. The van der Waals surface area contributed by atoms with Crippen LogP contribution >= 0.6 is 0 Å². The Bertz CT molecular complexity index is 1380. The van der Waals surface area contributed by atoms with Gasteiger partial charge in [0, 0.05) is 36.9 Å². The van der Waals surface area contributed by atoms with Crippen molar-refractivity contribution in [3.63, 3.8) is 0 Å². The molecule has 0 radical (unpaired) electrons. The van der Waals surface area contributed by atoms with Gasteiger partial charge in [-0.2, -0.15) is 18.3 Å². The van der Waals surface area contributed by atoms with Crippen molar-refractivity contribution in [2.45, 2.75) is 6.18 Å². The van der Waals surface area contributed by atoms with Gasteiger partial charge in [-0.3, -0.25) is 9.89 Å². The third-order valence-corrected chi connectivity index (χ3v) is 5.00. The van der Waals surface area contributed by atoms with Crippen LogP contribution in [0.3, 0.4) is 0 Å². The van der Waals surface area contributed by atoms with E-state index in [0.717, 1.165) is 17.1 Å². The van der Waals surface area contributed by atoms with Crippen LogP contribution in [0.25, 0.3) is 28.4 Å². The van der Waals surface area contributed by atoms with Gasteiger partial charge in [0.15, 0.2) is 5.82 Å². The molecular weight excluding hydrogens is 447 g/mol. The molecule has 4 rings (SSSR count). The van der Waals surface area contributed by atoms with Crippen molar-refractivity contribution in [2.75, 3.05) is 19.4 Å². The zero-order valence-electron chi connectivity index (χ0n) is 18.2. The summed E-state index contributed by atoms with van der Waals surface area (Å²) in [6.07, 6.45) is -0.704. The number of anilines is 2. The first-order valence-corrected chi connectivity index (χ1v) is 10.1. The fourth-order valence-corrected chi connectivity index (χ4v) is 3.29. The summed E-state index contributed by atoms with van der Waals surface area (Å²) < 4.78 is 40.8. The Hall–Kier alpha value is -4.41. The molecular formula is C23H20F3N7O. The lowest BCUT2D eigenvalue weighted by Crippen LogP contribution is -2.25. The van der Waals surface area contributed by atoms with Gasteiger partial charge in [-0.05, 0) is 29.8 Å². The molecule has 2 aromatic heterocycles. The van der Waals surface area contributed by atoms with Crippen LogP contribution < -0.4 is 11.1 Å². The molecule has 0 bridgehead atoms. The molecule has 174 valence electrons. The summed E-state index contributed by atoms with van der Waals surface area (Å²) in [5, 5.41) is 10.2. The first kappa shape index (κ1) is 22.8. The first-order chi connectivity index (χ1) is 16.1. The number of nitrogens with one attached hydrogen (secondary N) is 2. The summed E-state index contributed by atoms with van der Waals surface area (Å²) in [4.78, 5) is 21.2. The van der Waals surface area contributed by atoms with Gasteiger partial charge in [0.1, 0.15) is 17.1 Å². The van der Waals surface area contributed by atoms with Crippen molar-refractivity contribution in [2.24, 2.45) is 5.73 Å². The van der Waals surface area contributed by atoms with Gasteiger partial charge >= 0.3 is 6.18 Å². The lowest BCUT2D eigenvalue weighted by Gasteiger charge is -2.15. The number of primary amides is 1. The summed E-state index contributed by atoms with van der Waals surface area (Å²) in [5.74, 6) is -0.837. The van der Waals surface area contributed by atoms with E-state index in [1.165, 1.54) is 0 Å². The fourth-order valence-electron chi connectivity index (χ4n) is 3.29. The van der Waals surface area contributed by atoms with Gasteiger partial charge in [-0.15, -0.1) is 0 Å². The predicted octanol–water partition coefficient (Wildman–Crippen LogP) is 4.17. The van der Waals surface area contributed by atoms with Crippen molar-refractivity contribution >= 4 is 34.4 Å². The number of hydrogen-bond donors (Lipinski definition) is 3. The first-order valence-electron chi connectivity index (χ1n) is 10.1. The molecule has 0 unspecified atom stereocenters. The van der Waals surface area contributed by atoms with E-state index in [2.05, 4.69) is 25.5 Å². The number of nitrogens with two attached hydrogens (primary N) is 1. The molecule has 11 heteroatoms. The average Bonchev–Trinajstić information content (AvgIpc) is 3.24. The van der Waals surface area contributed by atoms with Crippen LogP contribution in [0, 0.1) is 0 Å². The largest absolute Gasteiger partial charge is 0.421 e. The molecule has 8 nitrogen and oxygen atoms in total. The van der Waals surface area contributed by atoms with Crippen LogP contribution in [0.1, 0.15) is 11.1 Å². The molecule has 0 aliphatic carbocycles. The van der Waals surface area contributed by atoms with Gasteiger partial charge in [-0.25, -0.2) is 9.97 Å². The van der Waals surface area contributed by atoms with Crippen molar-refractivity contribution < 1.29 is 18.0 Å². The highest BCUT2D eigenvalue weighted by molar-refractivity contribution is 5.96. The molecule has 4 aromatic rings. The molecule has 2 heterocycles. The summed E-state index contributed by atoms with van der Waals surface area (Å²) in [7, 11) is 3.39. The highest BCUT2D eigenvalue weighted by Crippen LogP contribution is 2.36. The van der Waals surface area contributed by atoms with Crippen molar-refractivity contribution in [3.8, 4) is 11.4 Å². The third kappa shape index (κ3) is 4.82. The van der Waals surface area contributed by atoms with Crippen LogP contribution in [-0.2, 0) is 11.0 Å². The van der Waals surface area contributed by atoms with E-state index in [9.17, 15) is 18.0 Å². The number of amides is 1. The third-order valence-electron chi connectivity index (χ3n) is 5.00. The minimum Gasteiger partial charge on any atom is -0.373 e. The predicted molar refractivity (Wildman–Crippen MR) is 123 cm³/mol. The monoisotopic (exact) mass is 467 g/mol. The van der Waals surface area contributed by atoms with Gasteiger partial charge < -0.3 is 16.0 Å². The standard InChI is InChI=1S/C23H20F3N7O/c1-33(2)19(20(27)34)9-13-3-5-14(6-4-13)21-28-12-17(23(24,25)26)22(31-21)30-16-7-8-18-15(10-16)11-29-32-18/h3-12H,1-2H3,(H2,27,34)(H,29,32)(H,28,30,31). The number of aromatic nitrogens is 4. The van der Waals surface area contributed by atoms with E-state index in [4.69, 9.17) is 5.73 Å². The second-order valence-corrected chi connectivity index (χ2v) is 7.66. The fraction of sp³-hybridized carbons (Fsp3) is 0.130. The summed E-state index contributed by atoms with van der Waals surface area (Å²) >= 11 is 0. The van der Waals surface area contributed by atoms with Gasteiger partial charge in [0.2, 0.25) is 0 Å².